The fraction of sp³-hybridized carbons (Fsp3) is 0.526. The van der Waals surface area contributed by atoms with Crippen LogP contribution in [0.5, 0.6) is 0 Å². The number of benzene rings is 1. The van der Waals surface area contributed by atoms with Crippen LogP contribution in [-0.2, 0) is 36.9 Å². The van der Waals surface area contributed by atoms with Crippen molar-refractivity contribution in [1.82, 2.24) is 0 Å². The summed E-state index contributed by atoms with van der Waals surface area (Å²) in [6.07, 6.45) is 5.53. The number of carbonyl (C=O) groups excluding carboxylic acids is 2. The molecule has 0 spiro atoms. The summed E-state index contributed by atoms with van der Waals surface area (Å²) >= 11 is 0. The van der Waals surface area contributed by atoms with Crippen molar-refractivity contribution in [2.75, 3.05) is 14.2 Å². The van der Waals surface area contributed by atoms with Crippen LogP contribution >= 0.6 is 0 Å². The zero-order chi connectivity index (χ0) is 18.1. The van der Waals surface area contributed by atoms with Gasteiger partial charge in [0.1, 0.15) is 6.61 Å². The van der Waals surface area contributed by atoms with E-state index in [1.165, 1.54) is 20.6 Å². The molecule has 0 unspecified atom stereocenters. The van der Waals surface area contributed by atoms with Crippen molar-refractivity contribution in [3.05, 3.63) is 35.4 Å². The van der Waals surface area contributed by atoms with Gasteiger partial charge in [0.15, 0.2) is 5.71 Å². The summed E-state index contributed by atoms with van der Waals surface area (Å²) in [5.74, 6) is -0.576. The monoisotopic (exact) mass is 347 g/mol. The molecule has 1 saturated carbocycles. The van der Waals surface area contributed by atoms with Crippen molar-refractivity contribution >= 4 is 17.7 Å². The van der Waals surface area contributed by atoms with Crippen LogP contribution in [0.15, 0.2) is 29.4 Å². The summed E-state index contributed by atoms with van der Waals surface area (Å²) < 4.78 is 9.48. The van der Waals surface area contributed by atoms with Gasteiger partial charge in [-0.05, 0) is 24.0 Å². The number of esters is 2. The molecule has 1 aromatic rings. The van der Waals surface area contributed by atoms with E-state index in [9.17, 15) is 9.59 Å². The van der Waals surface area contributed by atoms with Crippen LogP contribution in [0.3, 0.4) is 0 Å². The number of carbonyl (C=O) groups is 2. The van der Waals surface area contributed by atoms with E-state index in [0.717, 1.165) is 36.8 Å². The summed E-state index contributed by atoms with van der Waals surface area (Å²) in [5.41, 5.74) is 2.16. The van der Waals surface area contributed by atoms with Crippen molar-refractivity contribution in [2.45, 2.75) is 45.1 Å². The van der Waals surface area contributed by atoms with Crippen molar-refractivity contribution in [1.29, 1.82) is 0 Å². The van der Waals surface area contributed by atoms with Crippen LogP contribution in [0, 0.1) is 5.92 Å². The Kier molecular flexibility index (Phi) is 7.44. The second-order valence-electron chi connectivity index (χ2n) is 6.15. The van der Waals surface area contributed by atoms with E-state index < -0.39 is 5.97 Å². The largest absolute Gasteiger partial charge is 0.469 e. The normalized spacial score (nSPS) is 15.5. The highest BCUT2D eigenvalue weighted by Crippen LogP contribution is 2.25. The van der Waals surface area contributed by atoms with Gasteiger partial charge in [0.2, 0.25) is 0 Å². The van der Waals surface area contributed by atoms with E-state index >= 15 is 0 Å². The summed E-state index contributed by atoms with van der Waals surface area (Å²) in [6.45, 7) is 0.256. The summed E-state index contributed by atoms with van der Waals surface area (Å²) in [7, 11) is 2.73. The molecule has 0 N–H and O–H groups in total. The zero-order valence-electron chi connectivity index (χ0n) is 14.8. The standard InChI is InChI=1S/C19H25NO5/c1-23-17(21)12-14-8-10-15(11-9-14)13-25-20-18(19(22)24-2)16-6-4-3-5-7-16/h8-11,16H,3-7,12-13H2,1-2H3/b20-18-. The molecule has 1 aliphatic rings. The quantitative estimate of drug-likeness (QED) is 0.431. The average molecular weight is 347 g/mol. The molecule has 25 heavy (non-hydrogen) atoms. The fourth-order valence-corrected chi connectivity index (χ4v) is 2.93. The van der Waals surface area contributed by atoms with Gasteiger partial charge in [0, 0.05) is 5.92 Å². The van der Waals surface area contributed by atoms with Crippen molar-refractivity contribution in [3.63, 3.8) is 0 Å². The fourth-order valence-electron chi connectivity index (χ4n) is 2.93. The third-order valence-corrected chi connectivity index (χ3v) is 4.38. The van der Waals surface area contributed by atoms with Crippen LogP contribution in [0.2, 0.25) is 0 Å². The van der Waals surface area contributed by atoms with Crippen LogP contribution in [0.4, 0.5) is 0 Å². The molecule has 6 heteroatoms. The lowest BCUT2D eigenvalue weighted by atomic mass is 9.86. The molecule has 0 radical (unpaired) electrons. The minimum absolute atomic E-state index is 0.114. The van der Waals surface area contributed by atoms with Gasteiger partial charge in [-0.3, -0.25) is 4.79 Å². The van der Waals surface area contributed by atoms with E-state index in [2.05, 4.69) is 9.89 Å². The number of methoxy groups -OCH3 is 2. The predicted molar refractivity (Wildman–Crippen MR) is 93.0 cm³/mol. The topological polar surface area (TPSA) is 74.2 Å². The first-order chi connectivity index (χ1) is 12.1. The maximum absolute atomic E-state index is 12.0. The summed E-state index contributed by atoms with van der Waals surface area (Å²) in [6, 6.07) is 7.43. The molecular formula is C19H25NO5. The van der Waals surface area contributed by atoms with Crippen LogP contribution in [-0.4, -0.2) is 31.9 Å². The zero-order valence-corrected chi connectivity index (χ0v) is 14.8. The van der Waals surface area contributed by atoms with Gasteiger partial charge >= 0.3 is 11.9 Å². The number of ether oxygens (including phenoxy) is 2. The number of rotatable bonds is 7. The number of nitrogens with zero attached hydrogens (tertiary/aromatic N) is 1. The van der Waals surface area contributed by atoms with Gasteiger partial charge in [-0.25, -0.2) is 4.79 Å². The maximum atomic E-state index is 12.0. The minimum Gasteiger partial charge on any atom is -0.469 e. The first kappa shape index (κ1) is 19.0. The number of hydrogen-bond donors (Lipinski definition) is 0. The van der Waals surface area contributed by atoms with Crippen molar-refractivity contribution < 1.29 is 23.9 Å². The van der Waals surface area contributed by atoms with Crippen LogP contribution < -0.4 is 0 Å². The Hall–Kier alpha value is -2.37. The molecule has 0 atom stereocenters. The maximum Gasteiger partial charge on any atom is 0.356 e. The highest BCUT2D eigenvalue weighted by molar-refractivity contribution is 6.37. The molecular weight excluding hydrogens is 322 g/mol. The Morgan fingerprint density at radius 3 is 2.24 bits per heavy atom. The van der Waals surface area contributed by atoms with Gasteiger partial charge in [-0.2, -0.15) is 0 Å². The molecule has 1 fully saturated rings. The molecule has 6 nitrogen and oxygen atoms in total. The van der Waals surface area contributed by atoms with Gasteiger partial charge < -0.3 is 14.3 Å². The van der Waals surface area contributed by atoms with Crippen molar-refractivity contribution in [3.8, 4) is 0 Å². The molecule has 1 aliphatic carbocycles. The number of oxime groups is 1. The van der Waals surface area contributed by atoms with Crippen LogP contribution in [0.1, 0.15) is 43.2 Å². The Morgan fingerprint density at radius 2 is 1.64 bits per heavy atom. The highest BCUT2D eigenvalue weighted by atomic mass is 16.6. The van der Waals surface area contributed by atoms with E-state index in [1.54, 1.807) is 0 Å². The van der Waals surface area contributed by atoms with E-state index in [-0.39, 0.29) is 24.9 Å². The van der Waals surface area contributed by atoms with E-state index in [0.29, 0.717) is 5.71 Å². The molecule has 2 rings (SSSR count). The molecule has 0 saturated heterocycles. The SMILES string of the molecule is COC(=O)Cc1ccc(CO/N=C(\C(=O)OC)C2CCCCC2)cc1. The molecule has 0 amide bonds. The molecule has 0 aromatic heterocycles. The van der Waals surface area contributed by atoms with Gasteiger partial charge in [-0.1, -0.05) is 48.7 Å². The molecule has 0 aliphatic heterocycles. The van der Waals surface area contributed by atoms with Gasteiger partial charge in [0.05, 0.1) is 20.6 Å². The van der Waals surface area contributed by atoms with E-state index in [4.69, 9.17) is 9.57 Å². The van der Waals surface area contributed by atoms with E-state index in [1.807, 2.05) is 24.3 Å². The molecule has 136 valence electrons. The molecule has 0 bridgehead atoms. The first-order valence-electron chi connectivity index (χ1n) is 8.57. The first-order valence-corrected chi connectivity index (χ1v) is 8.57. The second kappa shape index (κ2) is 9.81. The Bertz CT molecular complexity index is 603. The lowest BCUT2D eigenvalue weighted by Crippen LogP contribution is -2.27. The van der Waals surface area contributed by atoms with Gasteiger partial charge in [-0.15, -0.1) is 0 Å². The lowest BCUT2D eigenvalue weighted by Gasteiger charge is -2.21. The number of hydrogen-bond acceptors (Lipinski definition) is 6. The molecule has 0 heterocycles. The molecule has 1 aromatic carbocycles. The summed E-state index contributed by atoms with van der Waals surface area (Å²) in [4.78, 5) is 28.6. The Morgan fingerprint density at radius 1 is 1.00 bits per heavy atom. The van der Waals surface area contributed by atoms with Crippen molar-refractivity contribution in [2.24, 2.45) is 11.1 Å². The highest BCUT2D eigenvalue weighted by Gasteiger charge is 2.26. The smallest absolute Gasteiger partial charge is 0.356 e. The Labute approximate surface area is 148 Å². The predicted octanol–water partition coefficient (Wildman–Crippen LogP) is 3.03. The third-order valence-electron chi connectivity index (χ3n) is 4.38. The second-order valence-corrected chi connectivity index (χ2v) is 6.15. The summed E-state index contributed by atoms with van der Waals surface area (Å²) in [5, 5.41) is 4.07. The average Bonchev–Trinajstić information content (AvgIpc) is 2.66. The van der Waals surface area contributed by atoms with Crippen LogP contribution in [0.25, 0.3) is 0 Å². The third kappa shape index (κ3) is 5.89. The Balaban J connectivity index is 1.94. The lowest BCUT2D eigenvalue weighted by molar-refractivity contribution is -0.139. The van der Waals surface area contributed by atoms with Gasteiger partial charge in [0.25, 0.3) is 0 Å². The minimum atomic E-state index is -0.416.